The highest BCUT2D eigenvalue weighted by Crippen LogP contribution is 2.18. The maximum absolute atomic E-state index is 12.0. The van der Waals surface area contributed by atoms with Crippen LogP contribution in [0.5, 0.6) is 0 Å². The molecule has 1 N–H and O–H groups in total. The molecule has 38 heavy (non-hydrogen) atoms. The molecule has 0 fully saturated rings. The molecule has 4 nitrogen and oxygen atoms in total. The second-order valence-electron chi connectivity index (χ2n) is 11.4. The van der Waals surface area contributed by atoms with E-state index in [0.29, 0.717) is 13.0 Å². The lowest BCUT2D eigenvalue weighted by Gasteiger charge is -2.13. The van der Waals surface area contributed by atoms with Gasteiger partial charge in [0.05, 0.1) is 18.9 Å². The second-order valence-corrected chi connectivity index (χ2v) is 11.4. The lowest BCUT2D eigenvalue weighted by atomic mass is 9.97. The van der Waals surface area contributed by atoms with Gasteiger partial charge in [-0.25, -0.2) is 0 Å². The zero-order chi connectivity index (χ0) is 27.9. The average Bonchev–Trinajstić information content (AvgIpc) is 2.90. The van der Waals surface area contributed by atoms with Crippen LogP contribution < -0.4 is 0 Å². The van der Waals surface area contributed by atoms with E-state index < -0.39 is 11.9 Å². The van der Waals surface area contributed by atoms with Crippen molar-refractivity contribution in [3.8, 4) is 0 Å². The average molecular weight is 537 g/mol. The van der Waals surface area contributed by atoms with Gasteiger partial charge in [0.25, 0.3) is 0 Å². The zero-order valence-electron chi connectivity index (χ0n) is 25.5. The Kier molecular flexibility index (Phi) is 29.2. The first-order valence-electron chi connectivity index (χ1n) is 16.6. The highest BCUT2D eigenvalue weighted by molar-refractivity contribution is 5.79. The molecular weight excluding hydrogens is 472 g/mol. The van der Waals surface area contributed by atoms with Gasteiger partial charge in [0, 0.05) is 0 Å². The Morgan fingerprint density at radius 3 is 1.37 bits per heavy atom. The third-order valence-electron chi connectivity index (χ3n) is 7.52. The largest absolute Gasteiger partial charge is 0.481 e. The maximum atomic E-state index is 12.0. The van der Waals surface area contributed by atoms with Gasteiger partial charge in [-0.2, -0.15) is 0 Å². The molecule has 224 valence electrons. The minimum absolute atomic E-state index is 0.112. The molecule has 0 spiro atoms. The summed E-state index contributed by atoms with van der Waals surface area (Å²) in [5, 5.41) is 9.04. The van der Waals surface area contributed by atoms with Crippen molar-refractivity contribution in [2.45, 2.75) is 181 Å². The van der Waals surface area contributed by atoms with E-state index in [1.807, 2.05) is 6.92 Å². The Morgan fingerprint density at radius 1 is 0.579 bits per heavy atom. The van der Waals surface area contributed by atoms with E-state index in [9.17, 15) is 9.59 Å². The number of ether oxygens (including phenoxy) is 1. The van der Waals surface area contributed by atoms with E-state index in [1.54, 1.807) is 0 Å². The van der Waals surface area contributed by atoms with Crippen LogP contribution in [0.1, 0.15) is 181 Å². The summed E-state index contributed by atoms with van der Waals surface area (Å²) in [5.74, 6) is -1.74. The number of carbonyl (C=O) groups excluding carboxylic acids is 1. The fourth-order valence-electron chi connectivity index (χ4n) is 5.06. The Balaban J connectivity index is 3.37. The fraction of sp³-hybridized carbons (Fsp3) is 0.882. The first-order chi connectivity index (χ1) is 18.6. The van der Waals surface area contributed by atoms with Gasteiger partial charge < -0.3 is 9.84 Å². The van der Waals surface area contributed by atoms with Gasteiger partial charge in [-0.05, 0) is 38.5 Å². The lowest BCUT2D eigenvalue weighted by Crippen LogP contribution is -2.21. The standard InChI is InChI=1S/C34H64O4/c1-3-5-6-7-8-9-10-11-12-13-14-15-16-17-18-19-20-21-22-23-24-25-26-27-28-29-32(31-33(35)36)34(37)38-30-4-2/h14-15,32H,3-13,16-31H2,1-2H3,(H,35,36)/b15-14+. The summed E-state index contributed by atoms with van der Waals surface area (Å²) in [6, 6.07) is 0. The summed E-state index contributed by atoms with van der Waals surface area (Å²) >= 11 is 0. The van der Waals surface area contributed by atoms with Crippen molar-refractivity contribution in [3.05, 3.63) is 12.2 Å². The van der Waals surface area contributed by atoms with Crippen LogP contribution in [0.4, 0.5) is 0 Å². The molecule has 0 rings (SSSR count). The van der Waals surface area contributed by atoms with Crippen molar-refractivity contribution in [3.63, 3.8) is 0 Å². The van der Waals surface area contributed by atoms with Crippen molar-refractivity contribution >= 4 is 11.9 Å². The zero-order valence-corrected chi connectivity index (χ0v) is 25.5. The Bertz CT molecular complexity index is 543. The molecule has 0 amide bonds. The molecule has 1 atom stereocenters. The molecule has 0 heterocycles. The Labute approximate surface area is 236 Å². The molecule has 0 aliphatic rings. The minimum atomic E-state index is -0.917. The lowest BCUT2D eigenvalue weighted by molar-refractivity contribution is -0.153. The molecule has 0 aromatic rings. The van der Waals surface area contributed by atoms with Crippen molar-refractivity contribution < 1.29 is 19.4 Å². The first kappa shape index (κ1) is 36.7. The van der Waals surface area contributed by atoms with Crippen LogP contribution in [0.25, 0.3) is 0 Å². The topological polar surface area (TPSA) is 63.6 Å². The number of carboxylic acid groups (broad SMARTS) is 1. The van der Waals surface area contributed by atoms with Gasteiger partial charge in [-0.1, -0.05) is 148 Å². The van der Waals surface area contributed by atoms with E-state index in [1.165, 1.54) is 135 Å². The number of hydrogen-bond acceptors (Lipinski definition) is 3. The van der Waals surface area contributed by atoms with Gasteiger partial charge in [0.1, 0.15) is 0 Å². The van der Waals surface area contributed by atoms with Gasteiger partial charge in [-0.3, -0.25) is 9.59 Å². The summed E-state index contributed by atoms with van der Waals surface area (Å²) in [6.45, 7) is 4.61. The van der Waals surface area contributed by atoms with Gasteiger partial charge in [0.15, 0.2) is 0 Å². The summed E-state index contributed by atoms with van der Waals surface area (Å²) in [7, 11) is 0. The van der Waals surface area contributed by atoms with E-state index in [-0.39, 0.29) is 12.4 Å². The third kappa shape index (κ3) is 27.7. The molecule has 0 aromatic carbocycles. The monoisotopic (exact) mass is 536 g/mol. The van der Waals surface area contributed by atoms with Crippen LogP contribution in [0.3, 0.4) is 0 Å². The van der Waals surface area contributed by atoms with E-state index >= 15 is 0 Å². The highest BCUT2D eigenvalue weighted by atomic mass is 16.5. The first-order valence-corrected chi connectivity index (χ1v) is 16.6. The van der Waals surface area contributed by atoms with Crippen LogP contribution in [0.2, 0.25) is 0 Å². The number of esters is 1. The normalized spacial score (nSPS) is 12.3. The van der Waals surface area contributed by atoms with Crippen LogP contribution in [0, 0.1) is 5.92 Å². The van der Waals surface area contributed by atoms with E-state index in [2.05, 4.69) is 19.1 Å². The van der Waals surface area contributed by atoms with Gasteiger partial charge in [-0.15, -0.1) is 0 Å². The predicted molar refractivity (Wildman–Crippen MR) is 163 cm³/mol. The quantitative estimate of drug-likeness (QED) is 0.0563. The molecule has 0 saturated carbocycles. The number of hydrogen-bond donors (Lipinski definition) is 1. The molecule has 0 radical (unpaired) electrons. The SMILES string of the molecule is CCCCCCCCCCC/C=C/CCCCCCCCCCCCCCC(CC(=O)O)C(=O)OCCC. The molecule has 0 aliphatic heterocycles. The van der Waals surface area contributed by atoms with Crippen LogP contribution in [0.15, 0.2) is 12.2 Å². The summed E-state index contributed by atoms with van der Waals surface area (Å²) in [5.41, 5.74) is 0. The molecule has 0 aliphatic carbocycles. The molecule has 1 unspecified atom stereocenters. The van der Waals surface area contributed by atoms with E-state index in [0.717, 1.165) is 19.3 Å². The number of aliphatic carboxylic acids is 1. The van der Waals surface area contributed by atoms with Gasteiger partial charge >= 0.3 is 11.9 Å². The number of unbranched alkanes of at least 4 members (excludes halogenated alkanes) is 21. The van der Waals surface area contributed by atoms with Crippen LogP contribution in [-0.4, -0.2) is 23.7 Å². The molecule has 0 aromatic heterocycles. The van der Waals surface area contributed by atoms with Crippen molar-refractivity contribution in [2.24, 2.45) is 5.92 Å². The molecular formula is C34H64O4. The van der Waals surface area contributed by atoms with E-state index in [4.69, 9.17) is 9.84 Å². The third-order valence-corrected chi connectivity index (χ3v) is 7.52. The minimum Gasteiger partial charge on any atom is -0.481 e. The fourth-order valence-corrected chi connectivity index (χ4v) is 5.06. The van der Waals surface area contributed by atoms with Crippen LogP contribution in [-0.2, 0) is 14.3 Å². The van der Waals surface area contributed by atoms with Gasteiger partial charge in [0.2, 0.25) is 0 Å². The number of allylic oxidation sites excluding steroid dienone is 2. The Morgan fingerprint density at radius 2 is 0.974 bits per heavy atom. The highest BCUT2D eigenvalue weighted by Gasteiger charge is 2.22. The van der Waals surface area contributed by atoms with Crippen molar-refractivity contribution in [1.82, 2.24) is 0 Å². The predicted octanol–water partition coefficient (Wildman–Crippen LogP) is 11.0. The summed E-state index contributed by atoms with van der Waals surface area (Å²) in [6.07, 6.45) is 36.6. The molecule has 0 saturated heterocycles. The molecule has 4 heteroatoms. The smallest absolute Gasteiger partial charge is 0.309 e. The number of rotatable bonds is 30. The maximum Gasteiger partial charge on any atom is 0.309 e. The summed E-state index contributed by atoms with van der Waals surface area (Å²) in [4.78, 5) is 23.0. The number of carboxylic acids is 1. The molecule has 0 bridgehead atoms. The van der Waals surface area contributed by atoms with Crippen molar-refractivity contribution in [2.75, 3.05) is 6.61 Å². The summed E-state index contributed by atoms with van der Waals surface area (Å²) < 4.78 is 5.16. The Hall–Kier alpha value is -1.32. The van der Waals surface area contributed by atoms with Crippen molar-refractivity contribution in [1.29, 1.82) is 0 Å². The van der Waals surface area contributed by atoms with Crippen LogP contribution >= 0.6 is 0 Å². The number of carbonyl (C=O) groups is 2. The second kappa shape index (κ2) is 30.2.